The summed E-state index contributed by atoms with van der Waals surface area (Å²) in [4.78, 5) is 30.0. The van der Waals surface area contributed by atoms with E-state index in [1.807, 2.05) is 27.7 Å². The van der Waals surface area contributed by atoms with Crippen molar-refractivity contribution in [1.29, 1.82) is 0 Å². The number of fused-ring (bicyclic) bond motifs is 1. The minimum atomic E-state index is -0.733. The van der Waals surface area contributed by atoms with Gasteiger partial charge in [0.1, 0.15) is 11.7 Å². The predicted octanol–water partition coefficient (Wildman–Crippen LogP) is 3.59. The number of esters is 1. The van der Waals surface area contributed by atoms with Gasteiger partial charge in [0.15, 0.2) is 11.4 Å². The Morgan fingerprint density at radius 2 is 2.03 bits per heavy atom. The van der Waals surface area contributed by atoms with Crippen molar-refractivity contribution >= 4 is 22.9 Å². The van der Waals surface area contributed by atoms with Crippen LogP contribution in [0.2, 0.25) is 0 Å². The van der Waals surface area contributed by atoms with Crippen molar-refractivity contribution in [3.8, 4) is 11.5 Å². The first-order chi connectivity index (χ1) is 13.8. The fraction of sp³-hybridized carbons (Fsp3) is 0.429. The monoisotopic (exact) mass is 398 g/mol. The fourth-order valence-electron chi connectivity index (χ4n) is 3.20. The molecule has 0 bridgehead atoms. The lowest BCUT2D eigenvalue weighted by Crippen LogP contribution is -2.42. The van der Waals surface area contributed by atoms with E-state index in [0.29, 0.717) is 34.5 Å². The molecular formula is C21H26N4O4. The molecule has 0 spiro atoms. The van der Waals surface area contributed by atoms with Crippen LogP contribution in [0.15, 0.2) is 35.1 Å². The fourth-order valence-corrected chi connectivity index (χ4v) is 3.20. The van der Waals surface area contributed by atoms with Crippen molar-refractivity contribution in [2.45, 2.75) is 46.2 Å². The number of ether oxygens (including phenoxy) is 1. The predicted molar refractivity (Wildman–Crippen MR) is 108 cm³/mol. The number of hydrogen-bond acceptors (Lipinski definition) is 6. The molecule has 8 heteroatoms. The van der Waals surface area contributed by atoms with Gasteiger partial charge in [0.05, 0.1) is 30.5 Å². The van der Waals surface area contributed by atoms with Gasteiger partial charge in [-0.3, -0.25) is 4.79 Å². The SMILES string of the molecule is COC(=O)C(CC(C)C)NC(=O)c1cc(-c2ccco2)nc2c1cnn2C(C)C. The van der Waals surface area contributed by atoms with Gasteiger partial charge >= 0.3 is 5.97 Å². The molecule has 0 aromatic carbocycles. The van der Waals surface area contributed by atoms with Crippen LogP contribution in [-0.2, 0) is 9.53 Å². The van der Waals surface area contributed by atoms with Gasteiger partial charge in [0.2, 0.25) is 0 Å². The number of nitrogens with one attached hydrogen (secondary N) is 1. The summed E-state index contributed by atoms with van der Waals surface area (Å²) in [5.74, 6) is -0.102. The van der Waals surface area contributed by atoms with Gasteiger partial charge in [-0.2, -0.15) is 5.10 Å². The summed E-state index contributed by atoms with van der Waals surface area (Å²) in [6.07, 6.45) is 3.65. The molecule has 3 aromatic heterocycles. The number of carbonyl (C=O) groups excluding carboxylic acids is 2. The Hall–Kier alpha value is -3.16. The van der Waals surface area contributed by atoms with Gasteiger partial charge in [0, 0.05) is 6.04 Å². The minimum Gasteiger partial charge on any atom is -0.467 e. The highest BCUT2D eigenvalue weighted by Crippen LogP contribution is 2.27. The van der Waals surface area contributed by atoms with Crippen LogP contribution >= 0.6 is 0 Å². The molecule has 0 aliphatic heterocycles. The second kappa shape index (κ2) is 8.46. The molecular weight excluding hydrogens is 372 g/mol. The van der Waals surface area contributed by atoms with E-state index in [9.17, 15) is 9.59 Å². The molecule has 0 aliphatic carbocycles. The van der Waals surface area contributed by atoms with Crippen LogP contribution in [0, 0.1) is 5.92 Å². The number of aromatic nitrogens is 3. The van der Waals surface area contributed by atoms with E-state index in [4.69, 9.17) is 9.15 Å². The van der Waals surface area contributed by atoms with Crippen LogP contribution in [0.3, 0.4) is 0 Å². The zero-order valence-corrected chi connectivity index (χ0v) is 17.3. The van der Waals surface area contributed by atoms with Gasteiger partial charge in [-0.1, -0.05) is 13.8 Å². The highest BCUT2D eigenvalue weighted by Gasteiger charge is 2.26. The lowest BCUT2D eigenvalue weighted by Gasteiger charge is -2.18. The van der Waals surface area contributed by atoms with E-state index in [2.05, 4.69) is 15.4 Å². The lowest BCUT2D eigenvalue weighted by molar-refractivity contribution is -0.143. The normalized spacial score (nSPS) is 12.5. The Bertz CT molecular complexity index is 1010. The Morgan fingerprint density at radius 3 is 2.62 bits per heavy atom. The van der Waals surface area contributed by atoms with Crippen LogP contribution in [0.5, 0.6) is 0 Å². The highest BCUT2D eigenvalue weighted by atomic mass is 16.5. The third kappa shape index (κ3) is 4.31. The molecule has 1 amide bonds. The Labute approximate surface area is 169 Å². The molecule has 3 rings (SSSR count). The maximum absolute atomic E-state index is 13.2. The van der Waals surface area contributed by atoms with Gasteiger partial charge in [0.25, 0.3) is 5.91 Å². The first-order valence-electron chi connectivity index (χ1n) is 9.62. The third-order valence-electron chi connectivity index (χ3n) is 4.57. The highest BCUT2D eigenvalue weighted by molar-refractivity contribution is 6.07. The van der Waals surface area contributed by atoms with Crippen molar-refractivity contribution in [2.75, 3.05) is 7.11 Å². The number of furan rings is 1. The Balaban J connectivity index is 2.07. The summed E-state index contributed by atoms with van der Waals surface area (Å²) >= 11 is 0. The molecule has 3 aromatic rings. The van der Waals surface area contributed by atoms with E-state index >= 15 is 0 Å². The molecule has 0 fully saturated rings. The third-order valence-corrected chi connectivity index (χ3v) is 4.57. The Kier molecular flexibility index (Phi) is 6.00. The van der Waals surface area contributed by atoms with E-state index in [-0.39, 0.29) is 17.9 Å². The first kappa shape index (κ1) is 20.6. The van der Waals surface area contributed by atoms with Crippen LogP contribution in [0.25, 0.3) is 22.5 Å². The molecule has 3 heterocycles. The zero-order valence-electron chi connectivity index (χ0n) is 17.3. The van der Waals surface area contributed by atoms with Gasteiger partial charge < -0.3 is 14.5 Å². The van der Waals surface area contributed by atoms with Crippen molar-refractivity contribution in [3.05, 3.63) is 36.2 Å². The molecule has 1 atom stereocenters. The smallest absolute Gasteiger partial charge is 0.328 e. The van der Waals surface area contributed by atoms with Crippen LogP contribution in [-0.4, -0.2) is 39.8 Å². The van der Waals surface area contributed by atoms with Crippen LogP contribution < -0.4 is 5.32 Å². The van der Waals surface area contributed by atoms with Crippen molar-refractivity contribution in [1.82, 2.24) is 20.1 Å². The summed E-state index contributed by atoms with van der Waals surface area (Å²) in [5, 5.41) is 7.81. The first-order valence-corrected chi connectivity index (χ1v) is 9.62. The quantitative estimate of drug-likeness (QED) is 0.611. The number of methoxy groups -OCH3 is 1. The maximum atomic E-state index is 13.2. The van der Waals surface area contributed by atoms with Crippen molar-refractivity contribution in [3.63, 3.8) is 0 Å². The van der Waals surface area contributed by atoms with E-state index < -0.39 is 12.0 Å². The maximum Gasteiger partial charge on any atom is 0.328 e. The lowest BCUT2D eigenvalue weighted by atomic mass is 10.0. The van der Waals surface area contributed by atoms with Crippen LogP contribution in [0.4, 0.5) is 0 Å². The molecule has 29 heavy (non-hydrogen) atoms. The molecule has 1 N–H and O–H groups in total. The number of rotatable bonds is 7. The summed E-state index contributed by atoms with van der Waals surface area (Å²) in [5.41, 5.74) is 1.48. The summed E-state index contributed by atoms with van der Waals surface area (Å²) in [7, 11) is 1.31. The molecule has 0 aliphatic rings. The number of hydrogen-bond donors (Lipinski definition) is 1. The number of nitrogens with zero attached hydrogens (tertiary/aromatic N) is 3. The number of pyridine rings is 1. The van der Waals surface area contributed by atoms with E-state index in [1.165, 1.54) is 7.11 Å². The number of amides is 1. The largest absolute Gasteiger partial charge is 0.467 e. The average molecular weight is 398 g/mol. The summed E-state index contributed by atoms with van der Waals surface area (Å²) in [6, 6.07) is 4.53. The minimum absolute atomic E-state index is 0.0616. The summed E-state index contributed by atoms with van der Waals surface area (Å²) < 4.78 is 12.1. The van der Waals surface area contributed by atoms with E-state index in [1.54, 1.807) is 35.3 Å². The molecule has 1 unspecified atom stereocenters. The average Bonchev–Trinajstić information content (AvgIpc) is 3.35. The van der Waals surface area contributed by atoms with Gasteiger partial charge in [-0.15, -0.1) is 0 Å². The van der Waals surface area contributed by atoms with Crippen molar-refractivity contribution in [2.24, 2.45) is 5.92 Å². The van der Waals surface area contributed by atoms with Gasteiger partial charge in [-0.05, 0) is 44.4 Å². The molecule has 0 radical (unpaired) electrons. The second-order valence-corrected chi connectivity index (χ2v) is 7.63. The molecule has 0 saturated heterocycles. The van der Waals surface area contributed by atoms with Crippen LogP contribution in [0.1, 0.15) is 50.5 Å². The second-order valence-electron chi connectivity index (χ2n) is 7.63. The van der Waals surface area contributed by atoms with Crippen molar-refractivity contribution < 1.29 is 18.7 Å². The molecule has 0 saturated carbocycles. The zero-order chi connectivity index (χ0) is 21.1. The topological polar surface area (TPSA) is 99.2 Å². The summed E-state index contributed by atoms with van der Waals surface area (Å²) in [6.45, 7) is 7.94. The molecule has 8 nitrogen and oxygen atoms in total. The Morgan fingerprint density at radius 1 is 1.28 bits per heavy atom. The number of carbonyl (C=O) groups is 2. The molecule has 154 valence electrons. The van der Waals surface area contributed by atoms with E-state index in [0.717, 1.165) is 0 Å². The standard InChI is InChI=1S/C21H26N4O4/c1-12(2)9-17(21(27)28-5)24-20(26)14-10-16(18-7-6-8-29-18)23-19-15(14)11-22-25(19)13(3)4/h6-8,10-13,17H,9H2,1-5H3,(H,24,26). The van der Waals surface area contributed by atoms with Gasteiger partial charge in [-0.25, -0.2) is 14.5 Å².